The van der Waals surface area contributed by atoms with Crippen molar-refractivity contribution in [1.82, 2.24) is 0 Å². The zero-order chi connectivity index (χ0) is 12.7. The number of hydrogen-bond donors (Lipinski definition) is 1. The average Bonchev–Trinajstić information content (AvgIpc) is 2.26. The summed E-state index contributed by atoms with van der Waals surface area (Å²) in [5, 5.41) is 10.8. The third kappa shape index (κ3) is 1.89. The number of alkyl halides is 3. The fraction of sp³-hybridized carbons (Fsp3) is 0.231. The van der Waals surface area contributed by atoms with Gasteiger partial charge in [0.2, 0.25) is 0 Å². The molecule has 0 aliphatic rings. The molecule has 0 aliphatic carbocycles. The number of benzene rings is 2. The summed E-state index contributed by atoms with van der Waals surface area (Å²) in [5.41, 5.74) is -2.96. The zero-order valence-corrected chi connectivity index (χ0v) is 9.12. The van der Waals surface area contributed by atoms with Crippen LogP contribution in [-0.4, -0.2) is 11.3 Å². The third-order valence-electron chi connectivity index (χ3n) is 2.87. The number of fused-ring (bicyclic) bond motifs is 1. The first-order valence-electron chi connectivity index (χ1n) is 5.11. The Morgan fingerprint density at radius 1 is 0.941 bits per heavy atom. The van der Waals surface area contributed by atoms with E-state index in [1.807, 2.05) is 0 Å². The van der Waals surface area contributed by atoms with Crippen LogP contribution in [0.3, 0.4) is 0 Å². The molecule has 2 aromatic carbocycles. The minimum absolute atomic E-state index is 0.122. The number of halogens is 3. The Hall–Kier alpha value is -1.55. The van der Waals surface area contributed by atoms with Crippen LogP contribution in [0.15, 0.2) is 42.5 Å². The van der Waals surface area contributed by atoms with Crippen LogP contribution in [-0.2, 0) is 5.60 Å². The lowest BCUT2D eigenvalue weighted by Crippen LogP contribution is -2.39. The molecule has 0 spiro atoms. The maximum Gasteiger partial charge on any atom is 0.421 e. The second-order valence-corrected chi connectivity index (χ2v) is 4.10. The number of rotatable bonds is 1. The Bertz CT molecular complexity index is 538. The molecule has 90 valence electrons. The molecule has 1 nitrogen and oxygen atoms in total. The molecule has 0 amide bonds. The topological polar surface area (TPSA) is 20.2 Å². The molecule has 0 saturated heterocycles. The van der Waals surface area contributed by atoms with Crippen molar-refractivity contribution in [3.05, 3.63) is 48.0 Å². The Labute approximate surface area is 96.5 Å². The van der Waals surface area contributed by atoms with Gasteiger partial charge in [0.15, 0.2) is 5.60 Å². The molecule has 0 radical (unpaired) electrons. The van der Waals surface area contributed by atoms with E-state index in [9.17, 15) is 18.3 Å². The molecule has 0 aliphatic heterocycles. The van der Waals surface area contributed by atoms with Crippen LogP contribution in [0.1, 0.15) is 12.5 Å². The standard InChI is InChI=1S/C13H11F3O/c1-12(17,13(14,15)16)11-8-4-6-9-5-2-3-7-10(9)11/h2-8,17H,1H3. The van der Waals surface area contributed by atoms with Crippen molar-refractivity contribution in [2.24, 2.45) is 0 Å². The largest absolute Gasteiger partial charge is 0.421 e. The summed E-state index contributed by atoms with van der Waals surface area (Å²) in [6, 6.07) is 11.2. The van der Waals surface area contributed by atoms with Crippen molar-refractivity contribution >= 4 is 10.8 Å². The summed E-state index contributed by atoms with van der Waals surface area (Å²) >= 11 is 0. The smallest absolute Gasteiger partial charge is 0.376 e. The van der Waals surface area contributed by atoms with Crippen LogP contribution in [0.4, 0.5) is 13.2 Å². The maximum atomic E-state index is 12.8. The fourth-order valence-electron chi connectivity index (χ4n) is 1.80. The van der Waals surface area contributed by atoms with E-state index in [1.165, 1.54) is 12.1 Å². The fourth-order valence-corrected chi connectivity index (χ4v) is 1.80. The lowest BCUT2D eigenvalue weighted by Gasteiger charge is -2.27. The Balaban J connectivity index is 2.72. The van der Waals surface area contributed by atoms with E-state index in [-0.39, 0.29) is 5.56 Å². The van der Waals surface area contributed by atoms with Crippen molar-refractivity contribution in [3.8, 4) is 0 Å². The van der Waals surface area contributed by atoms with Gasteiger partial charge >= 0.3 is 6.18 Å². The summed E-state index contributed by atoms with van der Waals surface area (Å²) in [6.45, 7) is 0.773. The van der Waals surface area contributed by atoms with Crippen molar-refractivity contribution in [1.29, 1.82) is 0 Å². The predicted octanol–water partition coefficient (Wildman–Crippen LogP) is 3.61. The summed E-state index contributed by atoms with van der Waals surface area (Å²) in [6.07, 6.45) is -4.70. The van der Waals surface area contributed by atoms with Crippen molar-refractivity contribution in [2.45, 2.75) is 18.7 Å². The summed E-state index contributed by atoms with van der Waals surface area (Å²) < 4.78 is 38.4. The van der Waals surface area contributed by atoms with E-state index >= 15 is 0 Å². The molecule has 1 N–H and O–H groups in total. The Morgan fingerprint density at radius 2 is 1.53 bits per heavy atom. The maximum absolute atomic E-state index is 12.8. The SMILES string of the molecule is CC(O)(c1cccc2ccccc12)C(F)(F)F. The van der Waals surface area contributed by atoms with Crippen LogP contribution < -0.4 is 0 Å². The minimum atomic E-state index is -4.70. The summed E-state index contributed by atoms with van der Waals surface area (Å²) in [5.74, 6) is 0. The quantitative estimate of drug-likeness (QED) is 0.807. The zero-order valence-electron chi connectivity index (χ0n) is 9.12. The first-order valence-corrected chi connectivity index (χ1v) is 5.11. The van der Waals surface area contributed by atoms with Gasteiger partial charge < -0.3 is 5.11 Å². The molecule has 2 rings (SSSR count). The van der Waals surface area contributed by atoms with Gasteiger partial charge in [-0.25, -0.2) is 0 Å². The normalized spacial score (nSPS) is 15.8. The molecule has 1 atom stereocenters. The lowest BCUT2D eigenvalue weighted by molar-refractivity contribution is -0.258. The molecule has 1 unspecified atom stereocenters. The molecule has 0 aromatic heterocycles. The molecular formula is C13H11F3O. The summed E-state index contributed by atoms with van der Waals surface area (Å²) in [7, 11) is 0. The highest BCUT2D eigenvalue weighted by Gasteiger charge is 2.51. The van der Waals surface area contributed by atoms with E-state index in [0.717, 1.165) is 6.92 Å². The van der Waals surface area contributed by atoms with Gasteiger partial charge in [-0.3, -0.25) is 0 Å². The second-order valence-electron chi connectivity index (χ2n) is 4.10. The molecule has 0 saturated carbocycles. The van der Waals surface area contributed by atoms with Crippen LogP contribution >= 0.6 is 0 Å². The van der Waals surface area contributed by atoms with E-state index in [4.69, 9.17) is 0 Å². The van der Waals surface area contributed by atoms with Gasteiger partial charge in [0.1, 0.15) is 0 Å². The number of aliphatic hydroxyl groups is 1. The van der Waals surface area contributed by atoms with E-state index < -0.39 is 11.8 Å². The summed E-state index contributed by atoms with van der Waals surface area (Å²) in [4.78, 5) is 0. The second kappa shape index (κ2) is 3.74. The van der Waals surface area contributed by atoms with Crippen molar-refractivity contribution in [3.63, 3.8) is 0 Å². The Morgan fingerprint density at radius 3 is 2.18 bits per heavy atom. The Kier molecular flexibility index (Phi) is 2.62. The average molecular weight is 240 g/mol. The lowest BCUT2D eigenvalue weighted by atomic mass is 9.90. The van der Waals surface area contributed by atoms with Gasteiger partial charge in [-0.1, -0.05) is 42.5 Å². The third-order valence-corrected chi connectivity index (χ3v) is 2.87. The van der Waals surface area contributed by atoms with Crippen LogP contribution in [0.2, 0.25) is 0 Å². The van der Waals surface area contributed by atoms with Crippen molar-refractivity contribution in [2.75, 3.05) is 0 Å². The first kappa shape index (κ1) is 11.9. The van der Waals surface area contributed by atoms with Gasteiger partial charge in [0, 0.05) is 5.56 Å². The van der Waals surface area contributed by atoms with E-state index in [1.54, 1.807) is 30.3 Å². The van der Waals surface area contributed by atoms with Crippen molar-refractivity contribution < 1.29 is 18.3 Å². The van der Waals surface area contributed by atoms with Gasteiger partial charge in [-0.15, -0.1) is 0 Å². The van der Waals surface area contributed by atoms with E-state index in [2.05, 4.69) is 0 Å². The van der Waals surface area contributed by atoms with Crippen LogP contribution in [0.5, 0.6) is 0 Å². The molecular weight excluding hydrogens is 229 g/mol. The first-order chi connectivity index (χ1) is 7.84. The molecule has 17 heavy (non-hydrogen) atoms. The minimum Gasteiger partial charge on any atom is -0.376 e. The number of hydrogen-bond acceptors (Lipinski definition) is 1. The monoisotopic (exact) mass is 240 g/mol. The molecule has 0 bridgehead atoms. The van der Waals surface area contributed by atoms with Gasteiger partial charge in [-0.05, 0) is 17.7 Å². The van der Waals surface area contributed by atoms with Gasteiger partial charge in [0.05, 0.1) is 0 Å². The molecule has 4 heteroatoms. The predicted molar refractivity (Wildman–Crippen MR) is 59.6 cm³/mol. The highest BCUT2D eigenvalue weighted by molar-refractivity contribution is 5.86. The molecule has 2 aromatic rings. The van der Waals surface area contributed by atoms with Gasteiger partial charge in [0.25, 0.3) is 0 Å². The van der Waals surface area contributed by atoms with Crippen LogP contribution in [0, 0.1) is 0 Å². The van der Waals surface area contributed by atoms with Crippen LogP contribution in [0.25, 0.3) is 10.8 Å². The van der Waals surface area contributed by atoms with Gasteiger partial charge in [-0.2, -0.15) is 13.2 Å². The molecule has 0 heterocycles. The highest BCUT2D eigenvalue weighted by atomic mass is 19.4. The van der Waals surface area contributed by atoms with E-state index in [0.29, 0.717) is 10.8 Å². The molecule has 0 fully saturated rings. The highest BCUT2D eigenvalue weighted by Crippen LogP contribution is 2.41.